The van der Waals surface area contributed by atoms with E-state index in [0.717, 1.165) is 30.6 Å². The minimum atomic E-state index is -0.234. The molecule has 88 valence electrons. The van der Waals surface area contributed by atoms with Crippen molar-refractivity contribution in [2.24, 2.45) is 5.41 Å². The van der Waals surface area contributed by atoms with Crippen molar-refractivity contribution < 1.29 is 0 Å². The molecular weight excluding hydrogens is 208 g/mol. The largest absolute Gasteiger partial charge is 0.385 e. The maximum absolute atomic E-state index is 8.89. The summed E-state index contributed by atoms with van der Waals surface area (Å²) in [5.41, 5.74) is 1.69. The molecule has 1 aromatic rings. The van der Waals surface area contributed by atoms with E-state index < -0.39 is 0 Å². The van der Waals surface area contributed by atoms with Crippen molar-refractivity contribution >= 4 is 5.69 Å². The number of nitriles is 1. The van der Waals surface area contributed by atoms with E-state index in [2.05, 4.69) is 17.3 Å². The molecule has 2 nitrogen and oxygen atoms in total. The number of terminal acetylenes is 1. The summed E-state index contributed by atoms with van der Waals surface area (Å²) in [6, 6.07) is 10.1. The molecule has 1 rings (SSSR count). The Balaban J connectivity index is 2.37. The van der Waals surface area contributed by atoms with Gasteiger partial charge in [0, 0.05) is 17.8 Å². The predicted octanol–water partition coefficient (Wildman–Crippen LogP) is 3.41. The van der Waals surface area contributed by atoms with Crippen LogP contribution in [-0.2, 0) is 0 Å². The number of benzene rings is 1. The SMILES string of the molecule is C#Cc1cccc(NCCCC(C)(C)C#N)c1. The van der Waals surface area contributed by atoms with E-state index in [0.29, 0.717) is 0 Å². The van der Waals surface area contributed by atoms with Gasteiger partial charge in [-0.2, -0.15) is 5.26 Å². The monoisotopic (exact) mass is 226 g/mol. The van der Waals surface area contributed by atoms with Gasteiger partial charge >= 0.3 is 0 Å². The van der Waals surface area contributed by atoms with Gasteiger partial charge in [0.25, 0.3) is 0 Å². The van der Waals surface area contributed by atoms with Crippen molar-refractivity contribution in [2.45, 2.75) is 26.7 Å². The van der Waals surface area contributed by atoms with E-state index in [4.69, 9.17) is 11.7 Å². The lowest BCUT2D eigenvalue weighted by atomic mass is 9.90. The molecule has 0 saturated carbocycles. The number of rotatable bonds is 5. The molecular formula is C15H18N2. The molecule has 0 bridgehead atoms. The van der Waals surface area contributed by atoms with Crippen LogP contribution in [0.25, 0.3) is 0 Å². The van der Waals surface area contributed by atoms with Gasteiger partial charge in [-0.25, -0.2) is 0 Å². The zero-order valence-corrected chi connectivity index (χ0v) is 10.5. The van der Waals surface area contributed by atoms with E-state index in [9.17, 15) is 0 Å². The molecule has 0 atom stereocenters. The third kappa shape index (κ3) is 4.62. The van der Waals surface area contributed by atoms with Crippen LogP contribution in [0.15, 0.2) is 24.3 Å². The molecule has 0 saturated heterocycles. The summed E-state index contributed by atoms with van der Waals surface area (Å²) >= 11 is 0. The second-order valence-corrected chi connectivity index (χ2v) is 4.75. The highest BCUT2D eigenvalue weighted by Gasteiger charge is 2.15. The average molecular weight is 226 g/mol. The Morgan fingerprint density at radius 3 is 2.82 bits per heavy atom. The number of hydrogen-bond donors (Lipinski definition) is 1. The number of hydrogen-bond acceptors (Lipinski definition) is 2. The summed E-state index contributed by atoms with van der Waals surface area (Å²) in [7, 11) is 0. The Labute approximate surface area is 104 Å². The predicted molar refractivity (Wildman–Crippen MR) is 71.5 cm³/mol. The lowest BCUT2D eigenvalue weighted by Gasteiger charge is -2.15. The topological polar surface area (TPSA) is 35.8 Å². The van der Waals surface area contributed by atoms with Crippen molar-refractivity contribution in [3.8, 4) is 18.4 Å². The minimum Gasteiger partial charge on any atom is -0.385 e. The molecule has 0 amide bonds. The summed E-state index contributed by atoms with van der Waals surface area (Å²) in [5.74, 6) is 2.61. The van der Waals surface area contributed by atoms with E-state index >= 15 is 0 Å². The van der Waals surface area contributed by atoms with Gasteiger partial charge in [0.2, 0.25) is 0 Å². The van der Waals surface area contributed by atoms with Crippen molar-refractivity contribution in [3.63, 3.8) is 0 Å². The smallest absolute Gasteiger partial charge is 0.0683 e. The lowest BCUT2D eigenvalue weighted by Crippen LogP contribution is -2.11. The summed E-state index contributed by atoms with van der Waals surface area (Å²) in [6.07, 6.45) is 7.20. The molecule has 0 fully saturated rings. The highest BCUT2D eigenvalue weighted by Crippen LogP contribution is 2.20. The van der Waals surface area contributed by atoms with Gasteiger partial charge in [0.05, 0.1) is 11.5 Å². The van der Waals surface area contributed by atoms with Gasteiger partial charge in [-0.3, -0.25) is 0 Å². The second-order valence-electron chi connectivity index (χ2n) is 4.75. The summed E-state index contributed by atoms with van der Waals surface area (Å²) in [6.45, 7) is 4.79. The average Bonchev–Trinajstić information content (AvgIpc) is 2.35. The Hall–Kier alpha value is -1.93. The fraction of sp³-hybridized carbons (Fsp3) is 0.400. The van der Waals surface area contributed by atoms with E-state index in [-0.39, 0.29) is 5.41 Å². The van der Waals surface area contributed by atoms with E-state index in [1.165, 1.54) is 0 Å². The second kappa shape index (κ2) is 5.97. The van der Waals surface area contributed by atoms with Crippen LogP contribution < -0.4 is 5.32 Å². The summed E-state index contributed by atoms with van der Waals surface area (Å²) in [5, 5.41) is 12.2. The first kappa shape index (κ1) is 13.1. The zero-order valence-electron chi connectivity index (χ0n) is 10.5. The Morgan fingerprint density at radius 2 is 2.18 bits per heavy atom. The van der Waals surface area contributed by atoms with Crippen molar-refractivity contribution in [2.75, 3.05) is 11.9 Å². The molecule has 0 spiro atoms. The quantitative estimate of drug-likeness (QED) is 0.617. The van der Waals surface area contributed by atoms with Gasteiger partial charge in [0.1, 0.15) is 0 Å². The normalized spacial score (nSPS) is 10.4. The van der Waals surface area contributed by atoms with Crippen LogP contribution >= 0.6 is 0 Å². The standard InChI is InChI=1S/C15H18N2/c1-4-13-7-5-8-14(11-13)17-10-6-9-15(2,3)12-16/h1,5,7-8,11,17H,6,9-10H2,2-3H3. The minimum absolute atomic E-state index is 0.234. The fourth-order valence-electron chi connectivity index (χ4n) is 1.54. The zero-order chi connectivity index (χ0) is 12.7. The number of nitrogens with one attached hydrogen (secondary N) is 1. The van der Waals surface area contributed by atoms with Crippen LogP contribution in [0.3, 0.4) is 0 Å². The molecule has 0 radical (unpaired) electrons. The van der Waals surface area contributed by atoms with Crippen LogP contribution in [-0.4, -0.2) is 6.54 Å². The summed E-state index contributed by atoms with van der Waals surface area (Å²) < 4.78 is 0. The Morgan fingerprint density at radius 1 is 1.41 bits per heavy atom. The van der Waals surface area contributed by atoms with Crippen molar-refractivity contribution in [1.82, 2.24) is 0 Å². The Kier molecular flexibility index (Phi) is 4.61. The van der Waals surface area contributed by atoms with Crippen LogP contribution in [0.5, 0.6) is 0 Å². The Bertz CT molecular complexity index is 447. The van der Waals surface area contributed by atoms with Gasteiger partial charge in [0.15, 0.2) is 0 Å². The van der Waals surface area contributed by atoms with Crippen LogP contribution in [0.4, 0.5) is 5.69 Å². The first-order valence-electron chi connectivity index (χ1n) is 5.79. The molecule has 0 aliphatic heterocycles. The molecule has 1 N–H and O–H groups in total. The van der Waals surface area contributed by atoms with Crippen LogP contribution in [0.2, 0.25) is 0 Å². The van der Waals surface area contributed by atoms with Gasteiger partial charge in [-0.1, -0.05) is 12.0 Å². The maximum atomic E-state index is 8.89. The third-order valence-electron chi connectivity index (χ3n) is 2.64. The fourth-order valence-corrected chi connectivity index (χ4v) is 1.54. The lowest BCUT2D eigenvalue weighted by molar-refractivity contribution is 0.441. The molecule has 17 heavy (non-hydrogen) atoms. The van der Waals surface area contributed by atoms with Gasteiger partial charge in [-0.15, -0.1) is 6.42 Å². The van der Waals surface area contributed by atoms with Crippen LogP contribution in [0.1, 0.15) is 32.3 Å². The maximum Gasteiger partial charge on any atom is 0.0683 e. The third-order valence-corrected chi connectivity index (χ3v) is 2.64. The number of nitrogens with zero attached hydrogens (tertiary/aromatic N) is 1. The van der Waals surface area contributed by atoms with Crippen molar-refractivity contribution in [3.05, 3.63) is 29.8 Å². The van der Waals surface area contributed by atoms with Crippen LogP contribution in [0, 0.1) is 29.1 Å². The molecule has 0 aliphatic carbocycles. The molecule has 0 heterocycles. The molecule has 1 aromatic carbocycles. The first-order chi connectivity index (χ1) is 8.07. The molecule has 0 aliphatic rings. The summed E-state index contributed by atoms with van der Waals surface area (Å²) in [4.78, 5) is 0. The van der Waals surface area contributed by atoms with E-state index in [1.807, 2.05) is 38.1 Å². The van der Waals surface area contributed by atoms with Gasteiger partial charge in [-0.05, 0) is 44.9 Å². The molecule has 0 unspecified atom stereocenters. The molecule has 0 aromatic heterocycles. The van der Waals surface area contributed by atoms with E-state index in [1.54, 1.807) is 0 Å². The highest BCUT2D eigenvalue weighted by atomic mass is 14.9. The van der Waals surface area contributed by atoms with Crippen molar-refractivity contribution in [1.29, 1.82) is 5.26 Å². The van der Waals surface area contributed by atoms with Gasteiger partial charge < -0.3 is 5.32 Å². The highest BCUT2D eigenvalue weighted by molar-refractivity contribution is 5.49. The first-order valence-corrected chi connectivity index (χ1v) is 5.79. The molecule has 2 heteroatoms. The number of anilines is 1.